The molecule has 8 nitrogen and oxygen atoms in total. The largest absolute Gasteiger partial charge is 0.481 e. The maximum absolute atomic E-state index is 12.8. The lowest BCUT2D eigenvalue weighted by Crippen LogP contribution is -2.26. The molecule has 3 aromatic rings. The molecule has 178 valence electrons. The fourth-order valence-electron chi connectivity index (χ4n) is 3.08. The van der Waals surface area contributed by atoms with Crippen LogP contribution in [-0.4, -0.2) is 42.5 Å². The van der Waals surface area contributed by atoms with Gasteiger partial charge in [0, 0.05) is 25.6 Å². The minimum absolute atomic E-state index is 0.0969. The van der Waals surface area contributed by atoms with E-state index >= 15 is 0 Å². The molecular formula is C24H25N3O5S2. The number of carbonyl (C=O) groups is 2. The number of carbonyl (C=O) groups excluding carboxylic acids is 1. The number of sulfonamides is 1. The van der Waals surface area contributed by atoms with Gasteiger partial charge in [-0.3, -0.25) is 9.59 Å². The van der Waals surface area contributed by atoms with E-state index in [1.165, 1.54) is 22.7 Å². The maximum atomic E-state index is 12.8. The second-order valence-electron chi connectivity index (χ2n) is 7.64. The summed E-state index contributed by atoms with van der Waals surface area (Å²) in [4.78, 5) is 24.4. The maximum Gasteiger partial charge on any atom is 0.303 e. The van der Waals surface area contributed by atoms with Crippen molar-refractivity contribution in [2.24, 2.45) is 5.10 Å². The van der Waals surface area contributed by atoms with Crippen LogP contribution in [0.1, 0.15) is 39.2 Å². The first-order valence-electron chi connectivity index (χ1n) is 10.4. The molecule has 0 atom stereocenters. The van der Waals surface area contributed by atoms with Crippen LogP contribution < -0.4 is 5.43 Å². The molecule has 0 spiro atoms. The third-order valence-corrected chi connectivity index (χ3v) is 7.76. The molecule has 1 aromatic heterocycles. The lowest BCUT2D eigenvalue weighted by atomic mass is 10.1. The highest BCUT2D eigenvalue weighted by Crippen LogP contribution is 2.18. The van der Waals surface area contributed by atoms with Crippen LogP contribution >= 0.6 is 11.3 Å². The number of amides is 1. The van der Waals surface area contributed by atoms with Crippen molar-refractivity contribution in [2.45, 2.75) is 31.2 Å². The van der Waals surface area contributed by atoms with Crippen LogP contribution in [0.5, 0.6) is 0 Å². The molecule has 2 N–H and O–H groups in total. The Morgan fingerprint density at radius 1 is 1.03 bits per heavy atom. The van der Waals surface area contributed by atoms with E-state index in [0.717, 1.165) is 16.0 Å². The van der Waals surface area contributed by atoms with E-state index in [1.807, 2.05) is 24.4 Å². The first kappa shape index (κ1) is 25.3. The minimum Gasteiger partial charge on any atom is -0.481 e. The second-order valence-corrected chi connectivity index (χ2v) is 10.6. The molecule has 0 aliphatic carbocycles. The Kier molecular flexibility index (Phi) is 8.32. The van der Waals surface area contributed by atoms with Gasteiger partial charge in [-0.2, -0.15) is 9.41 Å². The van der Waals surface area contributed by atoms with Crippen LogP contribution in [0.3, 0.4) is 0 Å². The standard InChI is InChI=1S/C24H25N3O5S2/c1-17-5-11-20(12-6-17)34(31,32)27(2)16-18-7-9-19(10-8-18)24(30)26-25-21(13-14-23(28)29)22-4-3-15-33-22/h3-12,15H,13-14,16H2,1-2H3,(H,26,30)(H,28,29)/b25-21-. The number of thiophene rings is 1. The predicted molar refractivity (Wildman–Crippen MR) is 131 cm³/mol. The second kappa shape index (κ2) is 11.2. The first-order chi connectivity index (χ1) is 16.2. The zero-order valence-electron chi connectivity index (χ0n) is 18.8. The molecule has 0 aliphatic heterocycles. The van der Waals surface area contributed by atoms with E-state index in [2.05, 4.69) is 10.5 Å². The van der Waals surface area contributed by atoms with Crippen molar-refractivity contribution in [3.63, 3.8) is 0 Å². The van der Waals surface area contributed by atoms with E-state index < -0.39 is 21.9 Å². The molecule has 0 bridgehead atoms. The van der Waals surface area contributed by atoms with Crippen molar-refractivity contribution in [3.8, 4) is 0 Å². The molecule has 0 unspecified atom stereocenters. The summed E-state index contributed by atoms with van der Waals surface area (Å²) in [5, 5.41) is 14.9. The predicted octanol–water partition coefficient (Wildman–Crippen LogP) is 3.88. The summed E-state index contributed by atoms with van der Waals surface area (Å²) in [7, 11) is -2.13. The van der Waals surface area contributed by atoms with E-state index in [9.17, 15) is 18.0 Å². The van der Waals surface area contributed by atoms with Gasteiger partial charge in [-0.15, -0.1) is 11.3 Å². The Labute approximate surface area is 202 Å². The third-order valence-electron chi connectivity index (χ3n) is 5.02. The van der Waals surface area contributed by atoms with Gasteiger partial charge < -0.3 is 5.11 Å². The van der Waals surface area contributed by atoms with Crippen LogP contribution in [-0.2, 0) is 21.4 Å². The lowest BCUT2D eigenvalue weighted by molar-refractivity contribution is -0.136. The average Bonchev–Trinajstić information content (AvgIpc) is 3.34. The van der Waals surface area contributed by atoms with Crippen molar-refractivity contribution in [3.05, 3.63) is 87.6 Å². The number of aryl methyl sites for hydroxylation is 1. The van der Waals surface area contributed by atoms with Gasteiger partial charge in [0.2, 0.25) is 10.0 Å². The quantitative estimate of drug-likeness (QED) is 0.324. The van der Waals surface area contributed by atoms with Gasteiger partial charge in [0.1, 0.15) is 0 Å². The molecule has 2 aromatic carbocycles. The van der Waals surface area contributed by atoms with E-state index in [-0.39, 0.29) is 24.3 Å². The Morgan fingerprint density at radius 2 is 1.71 bits per heavy atom. The lowest BCUT2D eigenvalue weighted by Gasteiger charge is -2.17. The highest BCUT2D eigenvalue weighted by molar-refractivity contribution is 7.89. The number of nitrogens with one attached hydrogen (secondary N) is 1. The number of nitrogens with zero attached hydrogens (tertiary/aromatic N) is 2. The fourth-order valence-corrected chi connectivity index (χ4v) is 4.98. The number of rotatable bonds is 10. The number of hydrogen-bond acceptors (Lipinski definition) is 6. The Bertz CT molecular complexity index is 1270. The topological polar surface area (TPSA) is 116 Å². The Balaban J connectivity index is 1.66. The fraction of sp³-hybridized carbons (Fsp3) is 0.208. The van der Waals surface area contributed by atoms with Gasteiger partial charge in [-0.25, -0.2) is 13.8 Å². The normalized spacial score (nSPS) is 12.0. The van der Waals surface area contributed by atoms with Gasteiger partial charge >= 0.3 is 5.97 Å². The highest BCUT2D eigenvalue weighted by Gasteiger charge is 2.20. The summed E-state index contributed by atoms with van der Waals surface area (Å²) in [6, 6.07) is 16.9. The SMILES string of the molecule is Cc1ccc(S(=O)(=O)N(C)Cc2ccc(C(=O)N/N=C(/CCC(=O)O)c3cccs3)cc2)cc1. The van der Waals surface area contributed by atoms with Crippen LogP contribution in [0.2, 0.25) is 0 Å². The Morgan fingerprint density at radius 3 is 2.29 bits per heavy atom. The van der Waals surface area contributed by atoms with Crippen LogP contribution in [0.15, 0.2) is 76.0 Å². The Hall–Kier alpha value is -3.34. The summed E-state index contributed by atoms with van der Waals surface area (Å²) in [6.07, 6.45) is 0.0944. The van der Waals surface area contributed by atoms with E-state index in [4.69, 9.17) is 5.11 Å². The average molecular weight is 500 g/mol. The summed E-state index contributed by atoms with van der Waals surface area (Å²) in [5.74, 6) is -1.39. The van der Waals surface area contributed by atoms with Gasteiger partial charge in [0.05, 0.1) is 21.9 Å². The molecule has 0 saturated heterocycles. The number of hydrazone groups is 1. The number of benzene rings is 2. The van der Waals surface area contributed by atoms with Crippen molar-refractivity contribution >= 4 is 38.9 Å². The molecule has 3 rings (SSSR count). The molecule has 1 heterocycles. The minimum atomic E-state index is -3.64. The van der Waals surface area contributed by atoms with E-state index in [0.29, 0.717) is 11.3 Å². The van der Waals surface area contributed by atoms with Gasteiger partial charge in [-0.05, 0) is 48.2 Å². The molecule has 0 radical (unpaired) electrons. The van der Waals surface area contributed by atoms with Crippen molar-refractivity contribution < 1.29 is 23.1 Å². The van der Waals surface area contributed by atoms with Crippen LogP contribution in [0.4, 0.5) is 0 Å². The molecular weight excluding hydrogens is 474 g/mol. The van der Waals surface area contributed by atoms with Gasteiger partial charge in [0.25, 0.3) is 5.91 Å². The van der Waals surface area contributed by atoms with Crippen LogP contribution in [0, 0.1) is 6.92 Å². The smallest absolute Gasteiger partial charge is 0.303 e. The number of carboxylic acids is 1. The highest BCUT2D eigenvalue weighted by atomic mass is 32.2. The summed E-state index contributed by atoms with van der Waals surface area (Å²) < 4.78 is 26.8. The molecule has 1 amide bonds. The van der Waals surface area contributed by atoms with Crippen molar-refractivity contribution in [1.82, 2.24) is 9.73 Å². The molecule has 10 heteroatoms. The number of aliphatic carboxylic acids is 1. The zero-order valence-corrected chi connectivity index (χ0v) is 20.4. The van der Waals surface area contributed by atoms with Gasteiger partial charge in [0.15, 0.2) is 0 Å². The molecule has 0 fully saturated rings. The first-order valence-corrected chi connectivity index (χ1v) is 12.7. The summed E-state index contributed by atoms with van der Waals surface area (Å²) >= 11 is 1.41. The van der Waals surface area contributed by atoms with Crippen LogP contribution in [0.25, 0.3) is 0 Å². The molecule has 0 saturated carbocycles. The van der Waals surface area contributed by atoms with Gasteiger partial charge in [-0.1, -0.05) is 35.9 Å². The zero-order chi connectivity index (χ0) is 24.7. The number of hydrogen-bond donors (Lipinski definition) is 2. The van der Waals surface area contributed by atoms with Crippen molar-refractivity contribution in [2.75, 3.05) is 7.05 Å². The molecule has 34 heavy (non-hydrogen) atoms. The summed E-state index contributed by atoms with van der Waals surface area (Å²) in [5.41, 5.74) is 5.01. The summed E-state index contributed by atoms with van der Waals surface area (Å²) in [6.45, 7) is 2.04. The van der Waals surface area contributed by atoms with E-state index in [1.54, 1.807) is 48.5 Å². The number of carboxylic acid groups (broad SMARTS) is 1. The van der Waals surface area contributed by atoms with Crippen molar-refractivity contribution in [1.29, 1.82) is 0 Å². The third kappa shape index (κ3) is 6.60. The molecule has 0 aliphatic rings. The monoisotopic (exact) mass is 499 g/mol.